The first kappa shape index (κ1) is 26.6. The van der Waals surface area contributed by atoms with Crippen molar-refractivity contribution < 1.29 is 19.1 Å². The molecule has 0 aliphatic heterocycles. The molecule has 8 heteroatoms. The summed E-state index contributed by atoms with van der Waals surface area (Å²) < 4.78 is 11.3. The highest BCUT2D eigenvalue weighted by atomic mass is 35.5. The Morgan fingerprint density at radius 1 is 0.816 bits per heavy atom. The van der Waals surface area contributed by atoms with Gasteiger partial charge in [-0.15, -0.1) is 0 Å². The van der Waals surface area contributed by atoms with Gasteiger partial charge in [-0.3, -0.25) is 9.69 Å². The summed E-state index contributed by atoms with van der Waals surface area (Å²) in [5.74, 6) is 1.67. The van der Waals surface area contributed by atoms with Crippen LogP contribution in [-0.2, 0) is 0 Å². The van der Waals surface area contributed by atoms with Gasteiger partial charge in [0.25, 0.3) is 5.91 Å². The average molecular weight is 530 g/mol. The second-order valence-corrected chi connectivity index (χ2v) is 8.69. The van der Waals surface area contributed by atoms with Gasteiger partial charge >= 0.3 is 6.03 Å². The fourth-order valence-corrected chi connectivity index (χ4v) is 4.00. The zero-order valence-corrected chi connectivity index (χ0v) is 21.7. The van der Waals surface area contributed by atoms with Crippen molar-refractivity contribution >= 4 is 34.9 Å². The third-order valence-electron chi connectivity index (χ3n) is 5.68. The van der Waals surface area contributed by atoms with Gasteiger partial charge in [-0.2, -0.15) is 0 Å². The SMILES string of the molecule is COc1ccccc1NC(=O)N(CCCNC(=O)c1ccccc1Cl)c1ccc(Oc2ccccc2)cc1. The van der Waals surface area contributed by atoms with Crippen LogP contribution in [0.3, 0.4) is 0 Å². The molecule has 0 fully saturated rings. The Morgan fingerprint density at radius 2 is 1.47 bits per heavy atom. The molecule has 7 nitrogen and oxygen atoms in total. The molecule has 4 aromatic carbocycles. The first-order valence-electron chi connectivity index (χ1n) is 12.1. The molecule has 0 spiro atoms. The molecule has 4 rings (SSSR count). The van der Waals surface area contributed by atoms with E-state index in [1.807, 2.05) is 66.7 Å². The van der Waals surface area contributed by atoms with Crippen LogP contribution in [0.5, 0.6) is 17.2 Å². The lowest BCUT2D eigenvalue weighted by atomic mass is 10.2. The summed E-state index contributed by atoms with van der Waals surface area (Å²) in [5, 5.41) is 6.18. The van der Waals surface area contributed by atoms with E-state index >= 15 is 0 Å². The topological polar surface area (TPSA) is 79.9 Å². The summed E-state index contributed by atoms with van der Waals surface area (Å²) in [6.45, 7) is 0.709. The number of hydrogen-bond donors (Lipinski definition) is 2. The Kier molecular flexibility index (Phi) is 9.21. The Balaban J connectivity index is 1.45. The van der Waals surface area contributed by atoms with Crippen molar-refractivity contribution in [3.63, 3.8) is 0 Å². The summed E-state index contributed by atoms with van der Waals surface area (Å²) in [4.78, 5) is 27.5. The number of ether oxygens (including phenoxy) is 2. The molecule has 0 saturated carbocycles. The van der Waals surface area contributed by atoms with Gasteiger partial charge in [-0.1, -0.05) is 54.1 Å². The molecule has 0 radical (unpaired) electrons. The van der Waals surface area contributed by atoms with Gasteiger partial charge in [-0.25, -0.2) is 4.79 Å². The number of urea groups is 1. The largest absolute Gasteiger partial charge is 0.495 e. The second-order valence-electron chi connectivity index (χ2n) is 8.28. The summed E-state index contributed by atoms with van der Waals surface area (Å²) >= 11 is 6.13. The van der Waals surface area contributed by atoms with Gasteiger partial charge in [-0.05, 0) is 67.1 Å². The summed E-state index contributed by atoms with van der Waals surface area (Å²) in [6.07, 6.45) is 0.512. The minimum Gasteiger partial charge on any atom is -0.495 e. The van der Waals surface area contributed by atoms with Gasteiger partial charge in [0.05, 0.1) is 23.4 Å². The summed E-state index contributed by atoms with van der Waals surface area (Å²) in [7, 11) is 1.55. The smallest absolute Gasteiger partial charge is 0.326 e. The molecule has 0 heterocycles. The number of hydrogen-bond acceptors (Lipinski definition) is 4. The van der Waals surface area contributed by atoms with E-state index in [0.717, 1.165) is 5.75 Å². The van der Waals surface area contributed by atoms with Crippen LogP contribution in [-0.4, -0.2) is 32.1 Å². The number of nitrogens with one attached hydrogen (secondary N) is 2. The number of halogens is 1. The van der Waals surface area contributed by atoms with E-state index in [1.165, 1.54) is 0 Å². The van der Waals surface area contributed by atoms with E-state index in [-0.39, 0.29) is 11.9 Å². The molecule has 0 bridgehead atoms. The quantitative estimate of drug-likeness (QED) is 0.217. The van der Waals surface area contributed by atoms with E-state index in [0.29, 0.717) is 53.0 Å². The van der Waals surface area contributed by atoms with Crippen LogP contribution in [0.2, 0.25) is 5.02 Å². The van der Waals surface area contributed by atoms with Crippen molar-refractivity contribution in [2.75, 3.05) is 30.4 Å². The summed E-state index contributed by atoms with van der Waals surface area (Å²) in [6, 6.07) is 30.5. The minimum atomic E-state index is -0.330. The Labute approximate surface area is 227 Å². The molecule has 194 valence electrons. The van der Waals surface area contributed by atoms with Crippen molar-refractivity contribution in [3.05, 3.63) is 114 Å². The van der Waals surface area contributed by atoms with Crippen LogP contribution in [0, 0.1) is 0 Å². The molecule has 0 atom stereocenters. The third kappa shape index (κ3) is 7.05. The van der Waals surface area contributed by atoms with Crippen molar-refractivity contribution in [2.24, 2.45) is 0 Å². The molecule has 0 saturated heterocycles. The first-order chi connectivity index (χ1) is 18.5. The lowest BCUT2D eigenvalue weighted by molar-refractivity contribution is 0.0953. The number of anilines is 2. The molecular weight excluding hydrogens is 502 g/mol. The van der Waals surface area contributed by atoms with Crippen LogP contribution in [0.15, 0.2) is 103 Å². The molecule has 2 N–H and O–H groups in total. The number of methoxy groups -OCH3 is 1. The number of nitrogens with zero attached hydrogens (tertiary/aromatic N) is 1. The number of carbonyl (C=O) groups excluding carboxylic acids is 2. The molecule has 0 aliphatic rings. The highest BCUT2D eigenvalue weighted by Gasteiger charge is 2.18. The molecule has 4 aromatic rings. The van der Waals surface area contributed by atoms with Crippen LogP contribution in [0.1, 0.15) is 16.8 Å². The van der Waals surface area contributed by atoms with E-state index in [2.05, 4.69) is 10.6 Å². The Hall–Kier alpha value is -4.49. The number of benzene rings is 4. The van der Waals surface area contributed by atoms with Gasteiger partial charge in [0, 0.05) is 18.8 Å². The molecule has 38 heavy (non-hydrogen) atoms. The predicted octanol–water partition coefficient (Wildman–Crippen LogP) is 7.00. The number of carbonyl (C=O) groups is 2. The molecule has 0 aliphatic carbocycles. The third-order valence-corrected chi connectivity index (χ3v) is 6.01. The maximum atomic E-state index is 13.4. The predicted molar refractivity (Wildman–Crippen MR) is 151 cm³/mol. The standard InChI is InChI=1S/C30H28ClN3O4/c1-37-28-15-8-7-14-27(28)33-30(36)34(21-9-20-32-29(35)25-12-5-6-13-26(25)31)22-16-18-24(19-17-22)38-23-10-3-2-4-11-23/h2-8,10-19H,9,20-21H2,1H3,(H,32,35)(H,33,36). The highest BCUT2D eigenvalue weighted by Crippen LogP contribution is 2.27. The van der Waals surface area contributed by atoms with Crippen molar-refractivity contribution in [3.8, 4) is 17.2 Å². The van der Waals surface area contributed by atoms with Gasteiger partial charge in [0.15, 0.2) is 0 Å². The van der Waals surface area contributed by atoms with E-state index in [1.54, 1.807) is 48.4 Å². The van der Waals surface area contributed by atoms with Crippen molar-refractivity contribution in [2.45, 2.75) is 6.42 Å². The van der Waals surface area contributed by atoms with Crippen LogP contribution >= 0.6 is 11.6 Å². The summed E-state index contributed by atoms with van der Waals surface area (Å²) in [5.41, 5.74) is 1.64. The first-order valence-corrected chi connectivity index (χ1v) is 12.5. The fraction of sp³-hybridized carbons (Fsp3) is 0.133. The van der Waals surface area contributed by atoms with E-state index in [4.69, 9.17) is 21.1 Å². The van der Waals surface area contributed by atoms with Crippen molar-refractivity contribution in [1.82, 2.24) is 5.32 Å². The van der Waals surface area contributed by atoms with Crippen LogP contribution < -0.4 is 25.0 Å². The zero-order chi connectivity index (χ0) is 26.7. The number of rotatable bonds is 10. The van der Waals surface area contributed by atoms with Gasteiger partial charge in [0.1, 0.15) is 17.2 Å². The molecule has 0 aromatic heterocycles. The second kappa shape index (κ2) is 13.2. The fourth-order valence-electron chi connectivity index (χ4n) is 3.78. The highest BCUT2D eigenvalue weighted by molar-refractivity contribution is 6.33. The Bertz CT molecular complexity index is 1360. The molecule has 3 amide bonds. The number of amides is 3. The molecular formula is C30H28ClN3O4. The maximum Gasteiger partial charge on any atom is 0.326 e. The monoisotopic (exact) mass is 529 g/mol. The average Bonchev–Trinajstić information content (AvgIpc) is 2.94. The van der Waals surface area contributed by atoms with Crippen LogP contribution in [0.25, 0.3) is 0 Å². The lowest BCUT2D eigenvalue weighted by Crippen LogP contribution is -2.37. The van der Waals surface area contributed by atoms with Gasteiger partial charge < -0.3 is 20.1 Å². The van der Waals surface area contributed by atoms with Crippen LogP contribution in [0.4, 0.5) is 16.2 Å². The zero-order valence-electron chi connectivity index (χ0n) is 20.9. The lowest BCUT2D eigenvalue weighted by Gasteiger charge is -2.24. The number of para-hydroxylation sites is 3. The Morgan fingerprint density at radius 3 is 2.21 bits per heavy atom. The normalized spacial score (nSPS) is 10.4. The molecule has 0 unspecified atom stereocenters. The van der Waals surface area contributed by atoms with Gasteiger partial charge in [0.2, 0.25) is 0 Å². The van der Waals surface area contributed by atoms with Crippen molar-refractivity contribution in [1.29, 1.82) is 0 Å². The minimum absolute atomic E-state index is 0.261. The van der Waals surface area contributed by atoms with E-state index < -0.39 is 0 Å². The van der Waals surface area contributed by atoms with E-state index in [9.17, 15) is 9.59 Å². The maximum absolute atomic E-state index is 13.4.